The zero-order chi connectivity index (χ0) is 29.2. The fraction of sp³-hybridized carbons (Fsp3) is 0.257. The van der Waals surface area contributed by atoms with E-state index in [-0.39, 0.29) is 24.2 Å². The van der Waals surface area contributed by atoms with Crippen molar-refractivity contribution in [1.29, 1.82) is 5.26 Å². The number of nitriles is 1. The molecule has 41 heavy (non-hydrogen) atoms. The maximum Gasteiger partial charge on any atom is 0.349 e. The van der Waals surface area contributed by atoms with Gasteiger partial charge in [0.2, 0.25) is 0 Å². The fourth-order valence-electron chi connectivity index (χ4n) is 4.88. The molecule has 0 fully saturated rings. The molecule has 0 N–H and O–H groups in total. The predicted molar refractivity (Wildman–Crippen MR) is 164 cm³/mol. The van der Waals surface area contributed by atoms with Crippen LogP contribution in [0.3, 0.4) is 0 Å². The van der Waals surface area contributed by atoms with E-state index in [1.165, 1.54) is 0 Å². The van der Waals surface area contributed by atoms with Crippen LogP contribution < -0.4 is 9.64 Å². The molecule has 0 bridgehead atoms. The number of hydrogen-bond donors (Lipinski definition) is 0. The van der Waals surface area contributed by atoms with Crippen LogP contribution in [-0.4, -0.2) is 38.2 Å². The number of carbonyl (C=O) groups excluding carboxylic acids is 1. The lowest BCUT2D eigenvalue weighted by Gasteiger charge is -2.31. The molecule has 210 valence electrons. The number of hydrogen-bond acceptors (Lipinski definition) is 6. The van der Waals surface area contributed by atoms with Crippen molar-refractivity contribution in [2.75, 3.05) is 32.2 Å². The van der Waals surface area contributed by atoms with E-state index in [0.29, 0.717) is 17.7 Å². The van der Waals surface area contributed by atoms with E-state index >= 15 is 0 Å². The zero-order valence-electron chi connectivity index (χ0n) is 24.2. The Balaban J connectivity index is 1.39. The van der Waals surface area contributed by atoms with Gasteiger partial charge in [-0.05, 0) is 90.2 Å². The van der Waals surface area contributed by atoms with Crippen molar-refractivity contribution >= 4 is 23.0 Å². The molecule has 0 aromatic heterocycles. The summed E-state index contributed by atoms with van der Waals surface area (Å²) in [6.07, 6.45) is 7.45. The number of rotatable bonds is 10. The quantitative estimate of drug-likeness (QED) is 0.112. The highest BCUT2D eigenvalue weighted by molar-refractivity contribution is 5.94. The van der Waals surface area contributed by atoms with E-state index in [1.807, 2.05) is 98.0 Å². The Kier molecular flexibility index (Phi) is 9.65. The predicted octanol–water partition coefficient (Wildman–Crippen LogP) is 7.72. The first-order valence-corrected chi connectivity index (χ1v) is 13.7. The van der Waals surface area contributed by atoms with Crippen LogP contribution in [0.15, 0.2) is 120 Å². The molecular formula is C35H37N3O3. The number of allylic oxidation sites excluding steroid dienone is 4. The van der Waals surface area contributed by atoms with Crippen LogP contribution in [0, 0.1) is 16.7 Å². The standard InChI is InChI=1S/C35H37N3O3/c1-35(2)24-27(19-20-37(3)4)23-28(25-35)33(26-36)34(39)41-22-21-40-32-17-15-31(16-18-32)38(29-11-7-5-8-12-29)30-13-9-6-10-14-30/h5-20,23H,21-22,24-25H2,1-4H3/b20-19+,33-28-. The SMILES string of the molecule is CN(C)/C=C/C1=CC(=C(\C#N)C(=O)OCCOc2ccc(N(c3ccccc3)c3ccccc3)cc2)/CC(C)(C)C1. The Bertz CT molecular complexity index is 1410. The second-order valence-electron chi connectivity index (χ2n) is 11.0. The molecule has 1 aliphatic carbocycles. The number of ether oxygens (including phenoxy) is 2. The molecule has 6 heteroatoms. The molecular weight excluding hydrogens is 510 g/mol. The lowest BCUT2D eigenvalue weighted by atomic mass is 9.74. The van der Waals surface area contributed by atoms with Crippen LogP contribution in [0.1, 0.15) is 26.7 Å². The largest absolute Gasteiger partial charge is 0.490 e. The summed E-state index contributed by atoms with van der Waals surface area (Å²) in [5.74, 6) is 0.0479. The molecule has 1 aliphatic rings. The summed E-state index contributed by atoms with van der Waals surface area (Å²) in [5, 5.41) is 9.79. The van der Waals surface area contributed by atoms with Crippen molar-refractivity contribution < 1.29 is 14.3 Å². The van der Waals surface area contributed by atoms with Gasteiger partial charge in [-0.2, -0.15) is 5.26 Å². The van der Waals surface area contributed by atoms with Crippen LogP contribution in [0.4, 0.5) is 17.1 Å². The number of benzene rings is 3. The summed E-state index contributed by atoms with van der Waals surface area (Å²) in [5.41, 5.74) is 4.89. The lowest BCUT2D eigenvalue weighted by molar-refractivity contribution is -0.139. The molecule has 4 rings (SSSR count). The van der Waals surface area contributed by atoms with Gasteiger partial charge in [-0.1, -0.05) is 56.3 Å². The molecule has 6 nitrogen and oxygen atoms in total. The number of nitrogens with zero attached hydrogens (tertiary/aromatic N) is 3. The molecule has 3 aromatic carbocycles. The summed E-state index contributed by atoms with van der Waals surface area (Å²) >= 11 is 0. The van der Waals surface area contributed by atoms with Gasteiger partial charge in [0.25, 0.3) is 0 Å². The van der Waals surface area contributed by atoms with Crippen LogP contribution in [-0.2, 0) is 9.53 Å². The average molecular weight is 548 g/mol. The second-order valence-corrected chi connectivity index (χ2v) is 11.0. The van der Waals surface area contributed by atoms with E-state index in [1.54, 1.807) is 0 Å². The number of para-hydroxylation sites is 2. The molecule has 0 radical (unpaired) electrons. The van der Waals surface area contributed by atoms with Crippen molar-refractivity contribution in [2.45, 2.75) is 26.7 Å². The normalized spacial score (nSPS) is 15.4. The summed E-state index contributed by atoms with van der Waals surface area (Å²) in [6, 6.07) is 30.2. The summed E-state index contributed by atoms with van der Waals surface area (Å²) in [6.45, 7) is 4.50. The summed E-state index contributed by atoms with van der Waals surface area (Å²) < 4.78 is 11.3. The van der Waals surface area contributed by atoms with Gasteiger partial charge < -0.3 is 19.3 Å². The lowest BCUT2D eigenvalue weighted by Crippen LogP contribution is -2.20. The minimum Gasteiger partial charge on any atom is -0.490 e. The molecule has 0 saturated heterocycles. The Morgan fingerprint density at radius 2 is 1.46 bits per heavy atom. The van der Waals surface area contributed by atoms with Gasteiger partial charge in [0.05, 0.1) is 0 Å². The third kappa shape index (κ3) is 8.12. The fourth-order valence-corrected chi connectivity index (χ4v) is 4.88. The van der Waals surface area contributed by atoms with Gasteiger partial charge >= 0.3 is 5.97 Å². The smallest absolute Gasteiger partial charge is 0.349 e. The molecule has 0 unspecified atom stereocenters. The van der Waals surface area contributed by atoms with Crippen LogP contribution in [0.5, 0.6) is 5.75 Å². The van der Waals surface area contributed by atoms with Crippen LogP contribution in [0.25, 0.3) is 0 Å². The summed E-state index contributed by atoms with van der Waals surface area (Å²) in [4.78, 5) is 17.0. The number of anilines is 3. The highest BCUT2D eigenvalue weighted by Crippen LogP contribution is 2.40. The third-order valence-corrected chi connectivity index (χ3v) is 6.64. The van der Waals surface area contributed by atoms with Gasteiger partial charge in [-0.25, -0.2) is 4.79 Å². The van der Waals surface area contributed by atoms with Crippen LogP contribution >= 0.6 is 0 Å². The van der Waals surface area contributed by atoms with E-state index < -0.39 is 5.97 Å². The van der Waals surface area contributed by atoms with Gasteiger partial charge in [0.15, 0.2) is 0 Å². The Morgan fingerprint density at radius 3 is 2.02 bits per heavy atom. The van der Waals surface area contributed by atoms with Gasteiger partial charge in [-0.15, -0.1) is 0 Å². The summed E-state index contributed by atoms with van der Waals surface area (Å²) in [7, 11) is 3.92. The van der Waals surface area contributed by atoms with E-state index in [9.17, 15) is 10.1 Å². The highest BCUT2D eigenvalue weighted by atomic mass is 16.6. The van der Waals surface area contributed by atoms with Crippen molar-refractivity contribution in [1.82, 2.24) is 4.90 Å². The maximum absolute atomic E-state index is 12.8. The minimum absolute atomic E-state index is 0.0414. The molecule has 0 saturated carbocycles. The Morgan fingerprint density at radius 1 is 0.878 bits per heavy atom. The van der Waals surface area contributed by atoms with Crippen molar-refractivity contribution in [3.8, 4) is 11.8 Å². The molecule has 0 spiro atoms. The van der Waals surface area contributed by atoms with Crippen LogP contribution in [0.2, 0.25) is 0 Å². The Hall–Kier alpha value is -4.76. The molecule has 0 atom stereocenters. The Labute approximate surface area is 243 Å². The van der Waals surface area contributed by atoms with E-state index in [4.69, 9.17) is 9.47 Å². The van der Waals surface area contributed by atoms with Crippen molar-refractivity contribution in [3.05, 3.63) is 120 Å². The highest BCUT2D eigenvalue weighted by Gasteiger charge is 2.28. The average Bonchev–Trinajstić information content (AvgIpc) is 2.96. The zero-order valence-corrected chi connectivity index (χ0v) is 24.2. The third-order valence-electron chi connectivity index (χ3n) is 6.64. The van der Waals surface area contributed by atoms with E-state index in [2.05, 4.69) is 49.1 Å². The molecule has 3 aromatic rings. The number of esters is 1. The van der Waals surface area contributed by atoms with Gasteiger partial charge in [0.1, 0.15) is 30.6 Å². The topological polar surface area (TPSA) is 65.8 Å². The minimum atomic E-state index is -0.618. The first-order chi connectivity index (χ1) is 19.8. The number of carbonyl (C=O) groups is 1. The molecule has 0 heterocycles. The van der Waals surface area contributed by atoms with Crippen molar-refractivity contribution in [2.24, 2.45) is 5.41 Å². The molecule has 0 aliphatic heterocycles. The van der Waals surface area contributed by atoms with Crippen molar-refractivity contribution in [3.63, 3.8) is 0 Å². The van der Waals surface area contributed by atoms with E-state index in [0.717, 1.165) is 29.1 Å². The molecule has 0 amide bonds. The first kappa shape index (κ1) is 29.2. The monoisotopic (exact) mass is 547 g/mol. The maximum atomic E-state index is 12.8. The first-order valence-electron chi connectivity index (χ1n) is 13.7. The van der Waals surface area contributed by atoms with Gasteiger partial charge in [0, 0.05) is 31.2 Å². The van der Waals surface area contributed by atoms with Gasteiger partial charge in [-0.3, -0.25) is 0 Å². The second kappa shape index (κ2) is 13.5.